The Kier molecular flexibility index (Phi) is 8.11. The molecule has 5 rings (SSSR count). The number of hydrogen-bond donors (Lipinski definition) is 1. The van der Waals surface area contributed by atoms with Crippen LogP contribution in [0.4, 0.5) is 4.79 Å². The number of benzene rings is 2. The zero-order chi connectivity index (χ0) is 31.8. The number of carbonyl (C=O) groups excluding carboxylic acids is 3. The summed E-state index contributed by atoms with van der Waals surface area (Å²) in [6.45, 7) is 11.1. The average molecular weight is 598 g/mol. The standard InChI is InChI=1S/C34H39N5O5/c1-22-13-11-14-23(2)28(22)43-30-26(27-25(17-12-18-36-27)39(30)24-15-9-8-10-16-24)29(40)37-19-20-38(32(42)44-33(3,4)5)34(6,21-37)31(41)35-7/h8-18H,19-21H2,1-7H3,(H,35,41). The number of amides is 3. The topological polar surface area (TPSA) is 106 Å². The average Bonchev–Trinajstić information content (AvgIpc) is 3.31. The highest BCUT2D eigenvalue weighted by molar-refractivity contribution is 6.09. The number of piperazine rings is 1. The molecule has 0 aliphatic carbocycles. The van der Waals surface area contributed by atoms with Gasteiger partial charge in [-0.15, -0.1) is 0 Å². The Hall–Kier alpha value is -4.86. The van der Waals surface area contributed by atoms with E-state index >= 15 is 0 Å². The molecular formula is C34H39N5O5. The Bertz CT molecular complexity index is 1710. The molecule has 0 bridgehead atoms. The van der Waals surface area contributed by atoms with Crippen LogP contribution in [0.1, 0.15) is 49.2 Å². The molecule has 1 aliphatic heterocycles. The van der Waals surface area contributed by atoms with Crippen LogP contribution in [-0.2, 0) is 9.53 Å². The van der Waals surface area contributed by atoms with Crippen LogP contribution in [0.15, 0.2) is 66.9 Å². The molecule has 10 heteroatoms. The van der Waals surface area contributed by atoms with Gasteiger partial charge in [-0.3, -0.25) is 24.0 Å². The van der Waals surface area contributed by atoms with Gasteiger partial charge in [0.2, 0.25) is 11.8 Å². The van der Waals surface area contributed by atoms with E-state index in [2.05, 4.69) is 10.3 Å². The minimum atomic E-state index is -1.39. The number of likely N-dealkylation sites (N-methyl/N-ethyl adjacent to an activating group) is 1. The summed E-state index contributed by atoms with van der Waals surface area (Å²) < 4.78 is 14.2. The molecule has 10 nitrogen and oxygen atoms in total. The Balaban J connectivity index is 1.65. The van der Waals surface area contributed by atoms with Crippen LogP contribution in [0.2, 0.25) is 0 Å². The maximum Gasteiger partial charge on any atom is 0.411 e. The molecule has 2 aromatic carbocycles. The Morgan fingerprint density at radius 3 is 2.25 bits per heavy atom. The molecule has 2 aromatic heterocycles. The number of nitrogens with zero attached hydrogens (tertiary/aromatic N) is 4. The van der Waals surface area contributed by atoms with E-state index < -0.39 is 23.1 Å². The van der Waals surface area contributed by atoms with Crippen molar-refractivity contribution in [1.29, 1.82) is 0 Å². The van der Waals surface area contributed by atoms with E-state index in [4.69, 9.17) is 9.47 Å². The van der Waals surface area contributed by atoms with E-state index in [0.717, 1.165) is 16.8 Å². The second-order valence-corrected chi connectivity index (χ2v) is 12.3. The maximum atomic E-state index is 14.7. The number of pyridine rings is 1. The second-order valence-electron chi connectivity index (χ2n) is 12.3. The molecule has 1 N–H and O–H groups in total. The summed E-state index contributed by atoms with van der Waals surface area (Å²) in [5.74, 6) is 0.205. The highest BCUT2D eigenvalue weighted by Crippen LogP contribution is 2.40. The van der Waals surface area contributed by atoms with Crippen LogP contribution >= 0.6 is 0 Å². The minimum absolute atomic E-state index is 0.0571. The van der Waals surface area contributed by atoms with Crippen LogP contribution in [-0.4, -0.2) is 75.1 Å². The van der Waals surface area contributed by atoms with Gasteiger partial charge in [-0.25, -0.2) is 4.79 Å². The fraction of sp³-hybridized carbons (Fsp3) is 0.353. The van der Waals surface area contributed by atoms with Gasteiger partial charge in [0.15, 0.2) is 0 Å². The molecule has 3 amide bonds. The Morgan fingerprint density at radius 1 is 0.932 bits per heavy atom. The molecule has 0 saturated carbocycles. The van der Waals surface area contributed by atoms with Crippen LogP contribution in [0.5, 0.6) is 11.6 Å². The van der Waals surface area contributed by atoms with Gasteiger partial charge in [0, 0.05) is 32.0 Å². The molecule has 44 heavy (non-hydrogen) atoms. The van der Waals surface area contributed by atoms with E-state index in [1.54, 1.807) is 38.8 Å². The third-order valence-corrected chi connectivity index (χ3v) is 7.82. The molecule has 4 aromatic rings. The lowest BCUT2D eigenvalue weighted by Crippen LogP contribution is -2.69. The summed E-state index contributed by atoms with van der Waals surface area (Å²) in [6.07, 6.45) is 1.03. The van der Waals surface area contributed by atoms with Crippen molar-refractivity contribution in [2.24, 2.45) is 0 Å². The normalized spacial score (nSPS) is 17.0. The van der Waals surface area contributed by atoms with Crippen molar-refractivity contribution < 1.29 is 23.9 Å². The van der Waals surface area contributed by atoms with Gasteiger partial charge in [0.1, 0.15) is 28.0 Å². The van der Waals surface area contributed by atoms with Crippen molar-refractivity contribution in [3.8, 4) is 17.3 Å². The smallest absolute Gasteiger partial charge is 0.411 e. The third kappa shape index (κ3) is 5.59. The first-order valence-corrected chi connectivity index (χ1v) is 14.7. The first-order valence-electron chi connectivity index (χ1n) is 14.7. The van der Waals surface area contributed by atoms with Crippen LogP contribution in [0, 0.1) is 13.8 Å². The van der Waals surface area contributed by atoms with Gasteiger partial charge in [0.05, 0.1) is 12.1 Å². The minimum Gasteiger partial charge on any atom is -0.444 e. The van der Waals surface area contributed by atoms with Crippen molar-refractivity contribution in [3.63, 3.8) is 0 Å². The molecule has 3 heterocycles. The fourth-order valence-corrected chi connectivity index (χ4v) is 5.68. The van der Waals surface area contributed by atoms with Crippen LogP contribution in [0.3, 0.4) is 0 Å². The van der Waals surface area contributed by atoms with Gasteiger partial charge >= 0.3 is 6.09 Å². The number of para-hydroxylation sites is 2. The summed E-state index contributed by atoms with van der Waals surface area (Å²) in [7, 11) is 1.51. The number of ether oxygens (including phenoxy) is 2. The first kappa shape index (κ1) is 30.6. The third-order valence-electron chi connectivity index (χ3n) is 7.82. The molecule has 1 unspecified atom stereocenters. The predicted octanol–water partition coefficient (Wildman–Crippen LogP) is 5.63. The van der Waals surface area contributed by atoms with Gasteiger partial charge in [-0.2, -0.15) is 0 Å². The van der Waals surface area contributed by atoms with E-state index in [0.29, 0.717) is 22.7 Å². The van der Waals surface area contributed by atoms with Crippen molar-refractivity contribution in [3.05, 3.63) is 83.6 Å². The quantitative estimate of drug-likeness (QED) is 0.320. The molecule has 230 valence electrons. The summed E-state index contributed by atoms with van der Waals surface area (Å²) in [5.41, 5.74) is 1.94. The lowest BCUT2D eigenvalue weighted by molar-refractivity contribution is -0.135. The van der Waals surface area contributed by atoms with Gasteiger partial charge in [-0.1, -0.05) is 36.4 Å². The largest absolute Gasteiger partial charge is 0.444 e. The zero-order valence-electron chi connectivity index (χ0n) is 26.3. The lowest BCUT2D eigenvalue weighted by Gasteiger charge is -2.47. The second kappa shape index (κ2) is 11.7. The Labute approximate surface area is 257 Å². The van der Waals surface area contributed by atoms with E-state index in [1.165, 1.54) is 11.9 Å². The van der Waals surface area contributed by atoms with E-state index in [9.17, 15) is 14.4 Å². The number of aryl methyl sites for hydroxylation is 2. The van der Waals surface area contributed by atoms with Crippen molar-refractivity contribution in [2.45, 2.75) is 52.7 Å². The summed E-state index contributed by atoms with van der Waals surface area (Å²) >= 11 is 0. The number of fused-ring (bicyclic) bond motifs is 1. The fourth-order valence-electron chi connectivity index (χ4n) is 5.68. The number of carbonyl (C=O) groups is 3. The Morgan fingerprint density at radius 2 is 1.61 bits per heavy atom. The predicted molar refractivity (Wildman–Crippen MR) is 168 cm³/mol. The molecule has 0 spiro atoms. The highest BCUT2D eigenvalue weighted by Gasteiger charge is 2.49. The van der Waals surface area contributed by atoms with Gasteiger partial charge in [0.25, 0.3) is 5.91 Å². The van der Waals surface area contributed by atoms with Gasteiger partial charge in [-0.05, 0) is 76.9 Å². The maximum absolute atomic E-state index is 14.7. The molecule has 1 aliphatic rings. The summed E-state index contributed by atoms with van der Waals surface area (Å²) in [5, 5.41) is 2.67. The summed E-state index contributed by atoms with van der Waals surface area (Å²) in [6, 6.07) is 19.3. The van der Waals surface area contributed by atoms with Crippen LogP contribution in [0.25, 0.3) is 16.7 Å². The number of hydrogen-bond acceptors (Lipinski definition) is 6. The van der Waals surface area contributed by atoms with Crippen molar-refractivity contribution >= 4 is 28.9 Å². The van der Waals surface area contributed by atoms with Crippen molar-refractivity contribution in [1.82, 2.24) is 24.7 Å². The summed E-state index contributed by atoms with van der Waals surface area (Å²) in [4.78, 5) is 48.9. The van der Waals surface area contributed by atoms with E-state index in [1.807, 2.05) is 79.1 Å². The highest BCUT2D eigenvalue weighted by atomic mass is 16.6. The first-order chi connectivity index (χ1) is 20.9. The molecular weight excluding hydrogens is 558 g/mol. The monoisotopic (exact) mass is 597 g/mol. The number of nitrogens with one attached hydrogen (secondary N) is 1. The van der Waals surface area contributed by atoms with Crippen LogP contribution < -0.4 is 10.1 Å². The molecule has 0 radical (unpaired) electrons. The van der Waals surface area contributed by atoms with Gasteiger partial charge < -0.3 is 19.7 Å². The molecule has 1 saturated heterocycles. The lowest BCUT2D eigenvalue weighted by atomic mass is 9.94. The van der Waals surface area contributed by atoms with E-state index in [-0.39, 0.29) is 31.1 Å². The van der Waals surface area contributed by atoms with Crippen molar-refractivity contribution in [2.75, 3.05) is 26.7 Å². The number of rotatable bonds is 5. The molecule has 1 fully saturated rings. The zero-order valence-corrected chi connectivity index (χ0v) is 26.3. The number of aromatic nitrogens is 2. The molecule has 1 atom stereocenters. The SMILES string of the molecule is CNC(=O)C1(C)CN(C(=O)c2c(Oc3c(C)cccc3C)n(-c3ccccc3)c3cccnc23)CCN1C(=O)OC(C)(C)C.